The summed E-state index contributed by atoms with van der Waals surface area (Å²) in [6.07, 6.45) is 1.12. The number of piperidine rings is 1. The summed E-state index contributed by atoms with van der Waals surface area (Å²) in [5.74, 6) is 0. The first kappa shape index (κ1) is 12.9. The Morgan fingerprint density at radius 3 is 2.61 bits per heavy atom. The topological polar surface area (TPSA) is 48.1 Å². The average Bonchev–Trinajstić information content (AvgIpc) is 2.41. The predicted octanol–water partition coefficient (Wildman–Crippen LogP) is 1.87. The summed E-state index contributed by atoms with van der Waals surface area (Å²) in [5.41, 5.74) is 1.90. The summed E-state index contributed by atoms with van der Waals surface area (Å²) >= 11 is 0. The van der Waals surface area contributed by atoms with E-state index in [2.05, 4.69) is 9.74 Å². The van der Waals surface area contributed by atoms with Crippen molar-refractivity contribution in [3.8, 4) is 0 Å². The maximum atomic E-state index is 9.99. The number of benzene rings is 1. The fourth-order valence-corrected chi connectivity index (χ4v) is 2.33. The van der Waals surface area contributed by atoms with E-state index in [0.29, 0.717) is 31.6 Å². The molecule has 0 saturated carbocycles. The smallest absolute Gasteiger partial charge is 0.189 e. The zero-order valence-corrected chi connectivity index (χ0v) is 10.6. The van der Waals surface area contributed by atoms with Crippen molar-refractivity contribution in [3.63, 3.8) is 0 Å². The molecular weight excluding hydrogens is 228 g/mol. The molecule has 0 bridgehead atoms. The molecule has 4 heteroatoms. The maximum absolute atomic E-state index is 9.99. The molecule has 0 aliphatic carbocycles. The second kappa shape index (κ2) is 4.97. The minimum absolute atomic E-state index is 0.179. The highest BCUT2D eigenvalue weighted by Crippen LogP contribution is 2.30. The second-order valence-electron chi connectivity index (χ2n) is 4.95. The number of hydrogen-bond acceptors (Lipinski definition) is 3. The lowest BCUT2D eigenvalue weighted by atomic mass is 9.92. The van der Waals surface area contributed by atoms with Crippen LogP contribution in [0.15, 0.2) is 18.2 Å². The number of hydrogen-bond donors (Lipinski definition) is 2. The molecule has 0 spiro atoms. The Morgan fingerprint density at radius 1 is 1.39 bits per heavy atom. The van der Waals surface area contributed by atoms with E-state index in [1.807, 2.05) is 25.1 Å². The standard InChI is InChI=1S/C14H18N2O2/c1-11-3-4-12(15-2)9-13(11)16-7-5-14(18,10-17)6-8-16/h3-4,9,17-18H,5-8,10H2,1H3. The summed E-state index contributed by atoms with van der Waals surface area (Å²) in [6.45, 7) is 10.3. The molecule has 0 amide bonds. The van der Waals surface area contributed by atoms with Crippen LogP contribution in [0.25, 0.3) is 4.85 Å². The van der Waals surface area contributed by atoms with Crippen LogP contribution < -0.4 is 4.90 Å². The maximum Gasteiger partial charge on any atom is 0.189 e. The first-order chi connectivity index (χ1) is 8.58. The quantitative estimate of drug-likeness (QED) is 0.783. The third-order valence-corrected chi connectivity index (χ3v) is 3.65. The fourth-order valence-electron chi connectivity index (χ4n) is 2.33. The number of rotatable bonds is 2. The second-order valence-corrected chi connectivity index (χ2v) is 4.95. The SMILES string of the molecule is [C-]#[N+]c1ccc(C)c(N2CCC(O)(CO)CC2)c1. The predicted molar refractivity (Wildman–Crippen MR) is 70.9 cm³/mol. The molecule has 2 rings (SSSR count). The minimum atomic E-state index is -0.929. The highest BCUT2D eigenvalue weighted by atomic mass is 16.3. The van der Waals surface area contributed by atoms with Crippen LogP contribution in [-0.4, -0.2) is 35.5 Å². The van der Waals surface area contributed by atoms with Crippen LogP contribution in [0.5, 0.6) is 0 Å². The third-order valence-electron chi connectivity index (χ3n) is 3.65. The lowest BCUT2D eigenvalue weighted by Gasteiger charge is -2.39. The average molecular weight is 246 g/mol. The van der Waals surface area contributed by atoms with Crippen molar-refractivity contribution in [2.75, 3.05) is 24.6 Å². The fraction of sp³-hybridized carbons (Fsp3) is 0.500. The van der Waals surface area contributed by atoms with E-state index in [-0.39, 0.29) is 6.61 Å². The summed E-state index contributed by atoms with van der Waals surface area (Å²) in [7, 11) is 0. The monoisotopic (exact) mass is 246 g/mol. The summed E-state index contributed by atoms with van der Waals surface area (Å²) in [6, 6.07) is 5.67. The Kier molecular flexibility index (Phi) is 3.55. The van der Waals surface area contributed by atoms with Gasteiger partial charge in [-0.15, -0.1) is 0 Å². The van der Waals surface area contributed by atoms with Crippen LogP contribution >= 0.6 is 0 Å². The van der Waals surface area contributed by atoms with Crippen LogP contribution in [0, 0.1) is 13.5 Å². The molecule has 1 saturated heterocycles. The van der Waals surface area contributed by atoms with Gasteiger partial charge in [-0.05, 0) is 31.4 Å². The van der Waals surface area contributed by atoms with Gasteiger partial charge < -0.3 is 15.1 Å². The first-order valence-corrected chi connectivity index (χ1v) is 6.14. The minimum Gasteiger partial charge on any atom is -0.393 e. The highest BCUT2D eigenvalue weighted by molar-refractivity contribution is 5.63. The molecule has 1 heterocycles. The van der Waals surface area contributed by atoms with Gasteiger partial charge in [-0.1, -0.05) is 12.1 Å². The summed E-state index contributed by atoms with van der Waals surface area (Å²) < 4.78 is 0. The van der Waals surface area contributed by atoms with Crippen molar-refractivity contribution < 1.29 is 10.2 Å². The van der Waals surface area contributed by atoms with E-state index < -0.39 is 5.60 Å². The molecule has 18 heavy (non-hydrogen) atoms. The van der Waals surface area contributed by atoms with Crippen molar-refractivity contribution in [1.82, 2.24) is 0 Å². The van der Waals surface area contributed by atoms with E-state index in [1.54, 1.807) is 0 Å². The molecule has 1 fully saturated rings. The number of anilines is 1. The van der Waals surface area contributed by atoms with E-state index >= 15 is 0 Å². The Labute approximate surface area is 107 Å². The van der Waals surface area contributed by atoms with Crippen LogP contribution in [0.1, 0.15) is 18.4 Å². The number of nitrogens with zero attached hydrogens (tertiary/aromatic N) is 2. The molecule has 2 N–H and O–H groups in total. The van der Waals surface area contributed by atoms with Gasteiger partial charge in [0, 0.05) is 18.8 Å². The number of aryl methyl sites for hydroxylation is 1. The van der Waals surface area contributed by atoms with Gasteiger partial charge in [0.05, 0.1) is 18.8 Å². The molecule has 0 unspecified atom stereocenters. The Morgan fingerprint density at radius 2 is 2.06 bits per heavy atom. The lowest BCUT2D eigenvalue weighted by molar-refractivity contribution is -0.0325. The zero-order valence-electron chi connectivity index (χ0n) is 10.6. The summed E-state index contributed by atoms with van der Waals surface area (Å²) in [4.78, 5) is 5.62. The number of aliphatic hydroxyl groups excluding tert-OH is 1. The van der Waals surface area contributed by atoms with Gasteiger partial charge in [0.2, 0.25) is 0 Å². The van der Waals surface area contributed by atoms with Crippen molar-refractivity contribution in [2.24, 2.45) is 0 Å². The Hall–Kier alpha value is -1.57. The van der Waals surface area contributed by atoms with Gasteiger partial charge >= 0.3 is 0 Å². The van der Waals surface area contributed by atoms with E-state index in [0.717, 1.165) is 11.3 Å². The van der Waals surface area contributed by atoms with Gasteiger partial charge in [0.1, 0.15) is 0 Å². The van der Waals surface area contributed by atoms with E-state index in [1.165, 1.54) is 0 Å². The molecule has 1 aromatic carbocycles. The van der Waals surface area contributed by atoms with Crippen molar-refractivity contribution >= 4 is 11.4 Å². The largest absolute Gasteiger partial charge is 0.393 e. The molecule has 1 aliphatic rings. The molecule has 0 atom stereocenters. The van der Waals surface area contributed by atoms with Crippen LogP contribution in [0.3, 0.4) is 0 Å². The molecule has 96 valence electrons. The van der Waals surface area contributed by atoms with Gasteiger partial charge in [0.25, 0.3) is 0 Å². The van der Waals surface area contributed by atoms with Crippen LogP contribution in [0.2, 0.25) is 0 Å². The van der Waals surface area contributed by atoms with Crippen LogP contribution in [-0.2, 0) is 0 Å². The third kappa shape index (κ3) is 2.47. The molecule has 1 aromatic rings. The lowest BCUT2D eigenvalue weighted by Crippen LogP contribution is -2.46. The molecule has 0 aromatic heterocycles. The normalized spacial score (nSPS) is 18.4. The van der Waals surface area contributed by atoms with Crippen molar-refractivity contribution in [2.45, 2.75) is 25.4 Å². The number of aliphatic hydroxyl groups is 2. The molecule has 0 radical (unpaired) electrons. The molecule has 4 nitrogen and oxygen atoms in total. The first-order valence-electron chi connectivity index (χ1n) is 6.14. The van der Waals surface area contributed by atoms with E-state index in [9.17, 15) is 5.11 Å². The van der Waals surface area contributed by atoms with Gasteiger partial charge in [-0.25, -0.2) is 4.85 Å². The molecular formula is C14H18N2O2. The zero-order chi connectivity index (χ0) is 13.2. The van der Waals surface area contributed by atoms with Crippen molar-refractivity contribution in [1.29, 1.82) is 0 Å². The van der Waals surface area contributed by atoms with Crippen LogP contribution in [0.4, 0.5) is 11.4 Å². The van der Waals surface area contributed by atoms with Crippen molar-refractivity contribution in [3.05, 3.63) is 35.2 Å². The van der Waals surface area contributed by atoms with Gasteiger partial charge in [-0.3, -0.25) is 0 Å². The Bertz CT molecular complexity index is 471. The summed E-state index contributed by atoms with van der Waals surface area (Å²) in [5, 5.41) is 19.1. The highest BCUT2D eigenvalue weighted by Gasteiger charge is 2.31. The molecule has 1 aliphatic heterocycles. The Balaban J connectivity index is 2.17. The van der Waals surface area contributed by atoms with Gasteiger partial charge in [0.15, 0.2) is 5.69 Å². The van der Waals surface area contributed by atoms with E-state index in [4.69, 9.17) is 11.7 Å². The van der Waals surface area contributed by atoms with Gasteiger partial charge in [-0.2, -0.15) is 0 Å².